The number of fused-ring (bicyclic) bond motifs is 6. The van der Waals surface area contributed by atoms with Gasteiger partial charge in [-0.05, 0) is 60.7 Å². The molecule has 3 aromatic heterocycles. The van der Waals surface area contributed by atoms with Gasteiger partial charge in [-0.15, -0.1) is 21.4 Å². The monoisotopic (exact) mass is 766 g/mol. The molecule has 0 atom stereocenters. The summed E-state index contributed by atoms with van der Waals surface area (Å²) >= 11 is 1.89. The van der Waals surface area contributed by atoms with Gasteiger partial charge in [0, 0.05) is 61.7 Å². The second-order valence-corrected chi connectivity index (χ2v) is 18.1. The Morgan fingerprint density at radius 3 is 1.54 bits per heavy atom. The number of para-hydroxylation sites is 2. The Hall–Kier alpha value is -6.86. The van der Waals surface area contributed by atoms with Gasteiger partial charge in [-0.25, -0.2) is 4.98 Å². The molecule has 3 heterocycles. The van der Waals surface area contributed by atoms with E-state index in [1.54, 1.807) is 0 Å². The molecule has 8 aromatic carbocycles. The minimum atomic E-state index is -2.06. The van der Waals surface area contributed by atoms with E-state index in [0.717, 1.165) is 32.9 Å². The summed E-state index contributed by atoms with van der Waals surface area (Å²) in [5.74, 6) is 1.83. The summed E-state index contributed by atoms with van der Waals surface area (Å²) in [4.78, 5) is 20.8. The number of aromatic nitrogens is 4. The lowest BCUT2D eigenvalue weighted by molar-refractivity contribution is 0.953. The molecule has 0 aliphatic rings. The number of thiophene rings is 1. The van der Waals surface area contributed by atoms with E-state index >= 15 is 0 Å². The summed E-state index contributed by atoms with van der Waals surface area (Å²) in [6, 6.07) is 73.9. The topological polar surface area (TPSA) is 43.6 Å². The third-order valence-electron chi connectivity index (χ3n) is 10.8. The van der Waals surface area contributed by atoms with Crippen LogP contribution in [0.5, 0.6) is 0 Å². The Bertz CT molecular complexity index is 3150. The lowest BCUT2D eigenvalue weighted by atomic mass is 10.1. The van der Waals surface area contributed by atoms with E-state index in [1.165, 1.54) is 39.8 Å². The highest BCUT2D eigenvalue weighted by Crippen LogP contribution is 2.75. The molecule has 0 spiro atoms. The molecule has 0 N–H and O–H groups in total. The normalized spacial score (nSPS) is 12.1. The minimum absolute atomic E-state index is 0.585. The van der Waals surface area contributed by atoms with Crippen LogP contribution in [-0.2, 0) is 0 Å². The molecule has 4 nitrogen and oxygen atoms in total. The number of hydrogen-bond acceptors (Lipinski definition) is 4. The Balaban J connectivity index is 1.21. The van der Waals surface area contributed by atoms with Gasteiger partial charge in [-0.2, -0.15) is 9.97 Å². The van der Waals surface area contributed by atoms with Crippen LogP contribution in [0.1, 0.15) is 0 Å². The van der Waals surface area contributed by atoms with Crippen molar-refractivity contribution in [2.45, 2.75) is 19.6 Å². The zero-order valence-corrected chi connectivity index (χ0v) is 32.4. The average Bonchev–Trinajstić information content (AvgIpc) is 3.84. The quantitative estimate of drug-likeness (QED) is 0.162. The van der Waals surface area contributed by atoms with Crippen molar-refractivity contribution in [3.05, 3.63) is 206 Å². The summed E-state index contributed by atoms with van der Waals surface area (Å²) in [5.41, 5.74) is 3.97. The van der Waals surface area contributed by atoms with Crippen molar-refractivity contribution in [3.63, 3.8) is 0 Å². The molecule has 0 radical (unpaired) electrons. The van der Waals surface area contributed by atoms with Gasteiger partial charge >= 0.3 is 0 Å². The van der Waals surface area contributed by atoms with Gasteiger partial charge in [-0.1, -0.05) is 146 Å². The summed E-state index contributed by atoms with van der Waals surface area (Å²) < 4.78 is 4.78. The highest BCUT2D eigenvalue weighted by Gasteiger charge is 2.36. The molecule has 6 heteroatoms. The summed E-state index contributed by atoms with van der Waals surface area (Å²) in [6.07, 6.45) is 0. The zero-order chi connectivity index (χ0) is 37.8. The second kappa shape index (κ2) is 13.7. The van der Waals surface area contributed by atoms with E-state index in [2.05, 4.69) is 193 Å². The summed E-state index contributed by atoms with van der Waals surface area (Å²) in [5, 5.41) is 4.90. The third-order valence-corrected chi connectivity index (χ3v) is 16.0. The van der Waals surface area contributed by atoms with Gasteiger partial charge in [-0.3, -0.25) is 4.57 Å². The predicted octanol–water partition coefficient (Wildman–Crippen LogP) is 14.0. The molecule has 0 unspecified atom stereocenters. The van der Waals surface area contributed by atoms with Crippen LogP contribution >= 0.6 is 21.4 Å². The Morgan fingerprint density at radius 2 is 0.877 bits per heavy atom. The highest BCUT2D eigenvalue weighted by molar-refractivity contribution is 8.34. The molecule has 0 fully saturated rings. The Morgan fingerprint density at radius 1 is 0.386 bits per heavy atom. The van der Waals surface area contributed by atoms with Gasteiger partial charge in [0.25, 0.3) is 0 Å². The van der Waals surface area contributed by atoms with Gasteiger partial charge < -0.3 is 0 Å². The van der Waals surface area contributed by atoms with E-state index < -0.39 is 10.0 Å². The van der Waals surface area contributed by atoms with Crippen LogP contribution in [0.3, 0.4) is 0 Å². The molecule has 0 aliphatic carbocycles. The molecule has 0 saturated carbocycles. The lowest BCUT2D eigenvalue weighted by Crippen LogP contribution is -2.07. The maximum atomic E-state index is 5.34. The van der Waals surface area contributed by atoms with Crippen molar-refractivity contribution >= 4 is 63.3 Å². The molecule has 0 saturated heterocycles. The molecule has 270 valence electrons. The van der Waals surface area contributed by atoms with E-state index in [1.807, 2.05) is 29.5 Å². The lowest BCUT2D eigenvalue weighted by Gasteiger charge is -2.42. The molecule has 0 bridgehead atoms. The van der Waals surface area contributed by atoms with Gasteiger partial charge in [0.1, 0.15) is 0 Å². The zero-order valence-electron chi connectivity index (χ0n) is 30.7. The van der Waals surface area contributed by atoms with Crippen molar-refractivity contribution in [2.75, 3.05) is 0 Å². The van der Waals surface area contributed by atoms with Crippen LogP contribution in [0.25, 0.3) is 70.7 Å². The van der Waals surface area contributed by atoms with Crippen LogP contribution in [0, 0.1) is 0 Å². The van der Waals surface area contributed by atoms with E-state index in [9.17, 15) is 0 Å². The molecular formula is C51H34N4S2. The maximum absolute atomic E-state index is 5.34. The molecule has 0 aliphatic heterocycles. The number of nitrogens with zero attached hydrogens (tertiary/aromatic N) is 4. The van der Waals surface area contributed by atoms with E-state index in [-0.39, 0.29) is 0 Å². The summed E-state index contributed by atoms with van der Waals surface area (Å²) in [6.45, 7) is 0. The van der Waals surface area contributed by atoms with Crippen LogP contribution in [0.15, 0.2) is 226 Å². The largest absolute Gasteiger partial charge is 0.278 e. The minimum Gasteiger partial charge on any atom is -0.278 e. The summed E-state index contributed by atoms with van der Waals surface area (Å²) in [7, 11) is -2.06. The number of rotatable bonds is 7. The van der Waals surface area contributed by atoms with Crippen molar-refractivity contribution in [1.82, 2.24) is 19.5 Å². The van der Waals surface area contributed by atoms with E-state index in [4.69, 9.17) is 15.0 Å². The first-order valence-electron chi connectivity index (χ1n) is 19.0. The number of hydrogen-bond donors (Lipinski definition) is 0. The van der Waals surface area contributed by atoms with Crippen LogP contribution < -0.4 is 0 Å². The van der Waals surface area contributed by atoms with E-state index in [0.29, 0.717) is 17.6 Å². The SMILES string of the molecule is c1ccc(-c2nc(-c3cccc(S(c4ccccc4)(c4ccccc4)c4cccc5c4sc4ccccc45)c3)nc(-n3c4ccccc4c4ccccc43)n2)cc1. The van der Waals surface area contributed by atoms with Gasteiger partial charge in [0.05, 0.1) is 11.0 Å². The molecule has 11 rings (SSSR count). The Kier molecular flexibility index (Phi) is 8.05. The Labute approximate surface area is 335 Å². The van der Waals surface area contributed by atoms with Crippen molar-refractivity contribution in [2.24, 2.45) is 0 Å². The highest BCUT2D eigenvalue weighted by atomic mass is 32.3. The first-order valence-corrected chi connectivity index (χ1v) is 21.5. The standard InChI is InChI=1S/C51H34N4S2/c1-4-18-35(19-5-1)49-52-50(54-51(53-49)55-44-30-13-10-26-40(44)41-27-11-14-31-45(41)55)36-20-16-25-39(34-36)57(37-21-6-2-7-22-37,38-23-8-3-9-24-38)47-33-17-29-43-42-28-12-15-32-46(42)56-48(43)47/h1-34H. The molecule has 57 heavy (non-hydrogen) atoms. The molecular weight excluding hydrogens is 733 g/mol. The molecule has 11 aromatic rings. The first-order chi connectivity index (χ1) is 28.3. The van der Waals surface area contributed by atoms with Crippen molar-refractivity contribution in [3.8, 4) is 28.7 Å². The fraction of sp³-hybridized carbons (Fsp3) is 0. The average molecular weight is 767 g/mol. The third kappa shape index (κ3) is 5.40. The van der Waals surface area contributed by atoms with Crippen LogP contribution in [-0.4, -0.2) is 19.5 Å². The van der Waals surface area contributed by atoms with Crippen molar-refractivity contribution < 1.29 is 0 Å². The van der Waals surface area contributed by atoms with Crippen LogP contribution in [0.4, 0.5) is 0 Å². The van der Waals surface area contributed by atoms with Gasteiger partial charge in [0.2, 0.25) is 5.95 Å². The number of benzene rings is 8. The fourth-order valence-electron chi connectivity index (χ4n) is 8.27. The van der Waals surface area contributed by atoms with Crippen LogP contribution in [0.2, 0.25) is 0 Å². The predicted molar refractivity (Wildman–Crippen MR) is 238 cm³/mol. The maximum Gasteiger partial charge on any atom is 0.238 e. The second-order valence-electron chi connectivity index (χ2n) is 14.0. The van der Waals surface area contributed by atoms with Crippen molar-refractivity contribution in [1.29, 1.82) is 0 Å². The first kappa shape index (κ1) is 33.5. The fourth-order valence-corrected chi connectivity index (χ4v) is 13.9. The smallest absolute Gasteiger partial charge is 0.238 e. The molecule has 0 amide bonds. The van der Waals surface area contributed by atoms with Gasteiger partial charge in [0.15, 0.2) is 11.6 Å².